The number of nitrogens with two attached hydrogens (primary N) is 1. The zero-order valence-corrected chi connectivity index (χ0v) is 12.2. The monoisotopic (exact) mass is 285 g/mol. The van der Waals surface area contributed by atoms with Crippen LogP contribution >= 0.6 is 0 Å². The molecule has 0 spiro atoms. The van der Waals surface area contributed by atoms with Crippen LogP contribution in [0.15, 0.2) is 36.4 Å². The van der Waals surface area contributed by atoms with E-state index < -0.39 is 0 Å². The van der Waals surface area contributed by atoms with Crippen molar-refractivity contribution in [2.75, 3.05) is 13.2 Å². The van der Waals surface area contributed by atoms with E-state index in [2.05, 4.69) is 4.98 Å². The van der Waals surface area contributed by atoms with Gasteiger partial charge in [-0.1, -0.05) is 18.2 Å². The summed E-state index contributed by atoms with van der Waals surface area (Å²) in [5.41, 5.74) is 7.85. The van der Waals surface area contributed by atoms with Crippen LogP contribution in [0.1, 0.15) is 16.8 Å². The number of rotatable bonds is 6. The van der Waals surface area contributed by atoms with Crippen LogP contribution in [0, 0.1) is 19.3 Å². The van der Waals surface area contributed by atoms with Crippen molar-refractivity contribution in [3.8, 4) is 11.6 Å². The van der Waals surface area contributed by atoms with Gasteiger partial charge in [-0.05, 0) is 37.6 Å². The van der Waals surface area contributed by atoms with Gasteiger partial charge >= 0.3 is 0 Å². The fourth-order valence-corrected chi connectivity index (χ4v) is 2.05. The lowest BCUT2D eigenvalue weighted by atomic mass is 10.1. The molecule has 0 fully saturated rings. The molecule has 1 heterocycles. The molecule has 5 nitrogen and oxygen atoms in total. The van der Waals surface area contributed by atoms with Crippen LogP contribution in [0.3, 0.4) is 0 Å². The van der Waals surface area contributed by atoms with Gasteiger partial charge < -0.3 is 15.2 Å². The predicted octanol–water partition coefficient (Wildman–Crippen LogP) is 2.44. The maximum atomic E-state index is 7.63. The first-order valence-corrected chi connectivity index (χ1v) is 6.71. The van der Waals surface area contributed by atoms with Gasteiger partial charge in [-0.15, -0.1) is 0 Å². The van der Waals surface area contributed by atoms with Crippen molar-refractivity contribution in [2.45, 2.75) is 13.8 Å². The van der Waals surface area contributed by atoms with Gasteiger partial charge in [0.2, 0.25) is 5.88 Å². The number of aryl methyl sites for hydroxylation is 2. The smallest absolute Gasteiger partial charge is 0.225 e. The number of hydrogen-bond acceptors (Lipinski definition) is 4. The Morgan fingerprint density at radius 2 is 1.81 bits per heavy atom. The molecule has 0 amide bonds. The second kappa shape index (κ2) is 6.74. The summed E-state index contributed by atoms with van der Waals surface area (Å²) in [4.78, 5) is 4.30. The second-order valence-electron chi connectivity index (χ2n) is 4.68. The summed E-state index contributed by atoms with van der Waals surface area (Å²) in [5, 5.41) is 7.63. The van der Waals surface area contributed by atoms with E-state index in [4.69, 9.17) is 20.6 Å². The quantitative estimate of drug-likeness (QED) is 0.485. The predicted molar refractivity (Wildman–Crippen MR) is 82.2 cm³/mol. The molecule has 3 N–H and O–H groups in total. The summed E-state index contributed by atoms with van der Waals surface area (Å²) in [5.74, 6) is 1.14. The van der Waals surface area contributed by atoms with Crippen molar-refractivity contribution in [3.63, 3.8) is 0 Å². The number of nitrogens with one attached hydrogen (secondary N) is 1. The first-order chi connectivity index (χ1) is 10.1. The zero-order chi connectivity index (χ0) is 15.2. The molecule has 0 aliphatic heterocycles. The molecule has 0 atom stereocenters. The molecule has 0 saturated carbocycles. The van der Waals surface area contributed by atoms with E-state index in [0.29, 0.717) is 24.7 Å². The molecule has 1 aromatic carbocycles. The lowest BCUT2D eigenvalue weighted by molar-refractivity contribution is 0.211. The van der Waals surface area contributed by atoms with E-state index in [1.54, 1.807) is 0 Å². The van der Waals surface area contributed by atoms with Crippen LogP contribution in [0.4, 0.5) is 0 Å². The Bertz CT molecular complexity index is 627. The molecule has 2 aromatic rings. The number of pyridine rings is 1. The molecule has 5 heteroatoms. The molecule has 0 unspecified atom stereocenters. The van der Waals surface area contributed by atoms with Crippen LogP contribution in [0.5, 0.6) is 11.6 Å². The summed E-state index contributed by atoms with van der Waals surface area (Å²) >= 11 is 0. The fraction of sp³-hybridized carbons (Fsp3) is 0.250. The van der Waals surface area contributed by atoms with Gasteiger partial charge in [-0.3, -0.25) is 5.41 Å². The lowest BCUT2D eigenvalue weighted by Gasteiger charge is -2.13. The van der Waals surface area contributed by atoms with E-state index in [9.17, 15) is 0 Å². The van der Waals surface area contributed by atoms with Crippen LogP contribution in [0.2, 0.25) is 0 Å². The fourth-order valence-electron chi connectivity index (χ4n) is 2.05. The number of nitrogen functional groups attached to an aromatic ring is 1. The van der Waals surface area contributed by atoms with Crippen molar-refractivity contribution >= 4 is 5.84 Å². The van der Waals surface area contributed by atoms with Gasteiger partial charge in [-0.2, -0.15) is 0 Å². The van der Waals surface area contributed by atoms with Crippen molar-refractivity contribution in [1.29, 1.82) is 5.41 Å². The Kier molecular flexibility index (Phi) is 4.77. The largest absolute Gasteiger partial charge is 0.490 e. The third-order valence-electron chi connectivity index (χ3n) is 2.91. The standard InChI is InChI=1S/C16H19N3O2/c1-11-10-12(2)19-16(14(11)15(17)18)21-9-8-20-13-6-4-3-5-7-13/h3-7,10H,8-9H2,1-2H3,(H3,17,18). The Balaban J connectivity index is 1.98. The number of amidine groups is 1. The van der Waals surface area contributed by atoms with Gasteiger partial charge in [0.05, 0.1) is 5.56 Å². The average Bonchev–Trinajstić information content (AvgIpc) is 2.43. The van der Waals surface area contributed by atoms with E-state index in [1.807, 2.05) is 50.2 Å². The van der Waals surface area contributed by atoms with Crippen molar-refractivity contribution in [1.82, 2.24) is 4.98 Å². The molecule has 0 aliphatic carbocycles. The molecule has 2 rings (SSSR count). The maximum Gasteiger partial charge on any atom is 0.225 e. The number of nitrogens with zero attached hydrogens (tertiary/aromatic N) is 1. The minimum Gasteiger partial charge on any atom is -0.490 e. The minimum atomic E-state index is -0.0426. The first-order valence-electron chi connectivity index (χ1n) is 6.71. The van der Waals surface area contributed by atoms with E-state index in [0.717, 1.165) is 17.0 Å². The number of hydrogen-bond donors (Lipinski definition) is 2. The molecule has 0 radical (unpaired) electrons. The lowest BCUT2D eigenvalue weighted by Crippen LogP contribution is -2.18. The van der Waals surface area contributed by atoms with E-state index in [1.165, 1.54) is 0 Å². The Hall–Kier alpha value is -2.56. The molecule has 0 bridgehead atoms. The highest BCUT2D eigenvalue weighted by atomic mass is 16.5. The summed E-state index contributed by atoms with van der Waals surface area (Å²) in [6, 6.07) is 11.4. The van der Waals surface area contributed by atoms with Crippen molar-refractivity contribution in [3.05, 3.63) is 53.2 Å². The van der Waals surface area contributed by atoms with Crippen molar-refractivity contribution in [2.24, 2.45) is 5.73 Å². The highest BCUT2D eigenvalue weighted by Crippen LogP contribution is 2.20. The van der Waals surface area contributed by atoms with Crippen LogP contribution in [-0.2, 0) is 0 Å². The first kappa shape index (κ1) is 14.8. The number of para-hydroxylation sites is 1. The highest BCUT2D eigenvalue weighted by molar-refractivity contribution is 5.98. The van der Waals surface area contributed by atoms with Gasteiger partial charge in [0.1, 0.15) is 24.8 Å². The average molecular weight is 285 g/mol. The number of benzene rings is 1. The second-order valence-corrected chi connectivity index (χ2v) is 4.68. The molecule has 21 heavy (non-hydrogen) atoms. The molecule has 0 aliphatic rings. The minimum absolute atomic E-state index is 0.0426. The van der Waals surface area contributed by atoms with E-state index in [-0.39, 0.29) is 5.84 Å². The topological polar surface area (TPSA) is 81.2 Å². The molecule has 0 saturated heterocycles. The number of aromatic nitrogens is 1. The molecular weight excluding hydrogens is 266 g/mol. The molecular formula is C16H19N3O2. The Morgan fingerprint density at radius 3 is 2.48 bits per heavy atom. The third-order valence-corrected chi connectivity index (χ3v) is 2.91. The Morgan fingerprint density at radius 1 is 1.14 bits per heavy atom. The summed E-state index contributed by atoms with van der Waals surface area (Å²) in [6.07, 6.45) is 0. The summed E-state index contributed by atoms with van der Waals surface area (Å²) < 4.78 is 11.2. The third kappa shape index (κ3) is 3.95. The normalized spacial score (nSPS) is 10.2. The molecule has 110 valence electrons. The zero-order valence-electron chi connectivity index (χ0n) is 12.2. The molecule has 1 aromatic heterocycles. The SMILES string of the molecule is Cc1cc(C)c(C(=N)N)c(OCCOc2ccccc2)n1. The van der Waals surface area contributed by atoms with Crippen molar-refractivity contribution < 1.29 is 9.47 Å². The number of ether oxygens (including phenoxy) is 2. The summed E-state index contributed by atoms with van der Waals surface area (Å²) in [7, 11) is 0. The summed E-state index contributed by atoms with van der Waals surface area (Å²) in [6.45, 7) is 4.50. The van der Waals surface area contributed by atoms with Gasteiger partial charge in [0.15, 0.2) is 0 Å². The van der Waals surface area contributed by atoms with Gasteiger partial charge in [0, 0.05) is 5.69 Å². The van der Waals surface area contributed by atoms with Crippen LogP contribution in [0.25, 0.3) is 0 Å². The van der Waals surface area contributed by atoms with Crippen LogP contribution in [-0.4, -0.2) is 24.0 Å². The van der Waals surface area contributed by atoms with E-state index >= 15 is 0 Å². The van der Waals surface area contributed by atoms with Crippen LogP contribution < -0.4 is 15.2 Å². The Labute approximate surface area is 124 Å². The highest BCUT2D eigenvalue weighted by Gasteiger charge is 2.12. The van der Waals surface area contributed by atoms with Gasteiger partial charge in [-0.25, -0.2) is 4.98 Å². The maximum absolute atomic E-state index is 7.63. The van der Waals surface area contributed by atoms with Gasteiger partial charge in [0.25, 0.3) is 0 Å².